The van der Waals surface area contributed by atoms with Gasteiger partial charge in [-0.25, -0.2) is 0 Å². The summed E-state index contributed by atoms with van der Waals surface area (Å²) in [6.07, 6.45) is 2.81. The highest BCUT2D eigenvalue weighted by Gasteiger charge is 1.98. The lowest BCUT2D eigenvalue weighted by molar-refractivity contribution is -0.113. The van der Waals surface area contributed by atoms with Crippen LogP contribution in [0.4, 0.5) is 0 Å². The molecule has 0 fully saturated rings. The second-order valence-electron chi connectivity index (χ2n) is 2.50. The smallest absolute Gasteiger partial charge is 0.242 e. The van der Waals surface area contributed by atoms with Crippen LogP contribution in [0.1, 0.15) is 5.69 Å². The van der Waals surface area contributed by atoms with E-state index in [2.05, 4.69) is 26.0 Å². The van der Waals surface area contributed by atoms with Gasteiger partial charge in [-0.2, -0.15) is 0 Å². The topological polar surface area (TPSA) is 70.8 Å². The highest BCUT2D eigenvalue weighted by atomic mass is 79.9. The molecule has 0 unspecified atom stereocenters. The van der Waals surface area contributed by atoms with Crippen LogP contribution in [0.2, 0.25) is 0 Å². The van der Waals surface area contributed by atoms with E-state index in [9.17, 15) is 4.79 Å². The summed E-state index contributed by atoms with van der Waals surface area (Å²) in [5.74, 6) is -0.607. The average Bonchev–Trinajstić information content (AvgIpc) is 2.46. The second-order valence-corrected chi connectivity index (χ2v) is 3.31. The molecule has 72 valence electrons. The van der Waals surface area contributed by atoms with E-state index < -0.39 is 5.91 Å². The molecule has 14 heavy (non-hydrogen) atoms. The molecule has 0 N–H and O–H groups in total. The van der Waals surface area contributed by atoms with Crippen LogP contribution in [-0.2, 0) is 11.8 Å². The summed E-state index contributed by atoms with van der Waals surface area (Å²) in [4.78, 5) is 13.2. The fourth-order valence-electron chi connectivity index (χ4n) is 0.903. The van der Waals surface area contributed by atoms with E-state index >= 15 is 0 Å². The summed E-state index contributed by atoms with van der Waals surface area (Å²) in [7, 11) is 1.85. The van der Waals surface area contributed by atoms with Gasteiger partial charge in [-0.3, -0.25) is 4.79 Å². The van der Waals surface area contributed by atoms with Gasteiger partial charge in [0.15, 0.2) is 0 Å². The molecule has 1 heterocycles. The van der Waals surface area contributed by atoms with Crippen molar-refractivity contribution < 1.29 is 4.79 Å². The molecule has 0 atom stereocenters. The fraction of sp³-hybridized carbons (Fsp3) is 0.125. The van der Waals surface area contributed by atoms with Crippen LogP contribution >= 0.6 is 15.9 Å². The van der Waals surface area contributed by atoms with Gasteiger partial charge in [0.05, 0.1) is 4.60 Å². The third-order valence-corrected chi connectivity index (χ3v) is 2.44. The molecule has 1 amide bonds. The van der Waals surface area contributed by atoms with Gasteiger partial charge in [-0.05, 0) is 50.9 Å². The largest absolute Gasteiger partial charge is 0.339 e. The van der Waals surface area contributed by atoms with Gasteiger partial charge in [-0.1, -0.05) is 0 Å². The Labute approximate surface area is 88.8 Å². The number of azide groups is 1. The van der Waals surface area contributed by atoms with Crippen molar-refractivity contribution in [2.75, 3.05) is 0 Å². The summed E-state index contributed by atoms with van der Waals surface area (Å²) in [6.45, 7) is 0. The van der Waals surface area contributed by atoms with E-state index in [-0.39, 0.29) is 0 Å². The first-order valence-electron chi connectivity index (χ1n) is 3.73. The number of hydrogen-bond acceptors (Lipinski definition) is 1. The molecule has 0 aliphatic heterocycles. The van der Waals surface area contributed by atoms with E-state index in [4.69, 9.17) is 5.53 Å². The Hall–Kier alpha value is -1.52. The molecule has 0 spiro atoms. The zero-order chi connectivity index (χ0) is 10.6. The van der Waals surface area contributed by atoms with Crippen molar-refractivity contribution in [1.82, 2.24) is 4.57 Å². The number of amides is 1. The first-order chi connectivity index (χ1) is 6.65. The van der Waals surface area contributed by atoms with E-state index in [1.54, 1.807) is 6.08 Å². The Balaban J connectivity index is 2.83. The summed E-state index contributed by atoms with van der Waals surface area (Å²) >= 11 is 3.32. The molecule has 5 nitrogen and oxygen atoms in total. The SMILES string of the molecule is Cn1c(Br)ccc1/C=C/C(=O)N=[N+]=[N-]. The van der Waals surface area contributed by atoms with Crippen LogP contribution in [0.3, 0.4) is 0 Å². The van der Waals surface area contributed by atoms with Crippen molar-refractivity contribution in [2.45, 2.75) is 0 Å². The third-order valence-electron chi connectivity index (χ3n) is 1.64. The first kappa shape index (κ1) is 10.6. The molecule has 1 aromatic heterocycles. The van der Waals surface area contributed by atoms with Gasteiger partial charge in [0.2, 0.25) is 5.91 Å². The fourth-order valence-corrected chi connectivity index (χ4v) is 1.24. The number of hydrogen-bond donors (Lipinski definition) is 0. The molecule has 0 bridgehead atoms. The molecule has 0 saturated carbocycles. The molecule has 6 heteroatoms. The predicted molar refractivity (Wildman–Crippen MR) is 56.3 cm³/mol. The lowest BCUT2D eigenvalue weighted by atomic mass is 10.4. The van der Waals surface area contributed by atoms with E-state index in [1.165, 1.54) is 6.08 Å². The van der Waals surface area contributed by atoms with Crippen LogP contribution in [0.15, 0.2) is 27.9 Å². The summed E-state index contributed by atoms with van der Waals surface area (Å²) in [5.41, 5.74) is 8.83. The molecule has 0 saturated heterocycles. The Kier molecular flexibility index (Phi) is 3.50. The number of carbonyl (C=O) groups excluding carboxylic acids is 1. The minimum absolute atomic E-state index is 0.607. The van der Waals surface area contributed by atoms with Gasteiger partial charge in [-0.15, -0.1) is 0 Å². The quantitative estimate of drug-likeness (QED) is 0.346. The van der Waals surface area contributed by atoms with E-state index in [0.29, 0.717) is 0 Å². The maximum absolute atomic E-state index is 10.8. The van der Waals surface area contributed by atoms with Crippen molar-refractivity contribution in [2.24, 2.45) is 12.2 Å². The zero-order valence-corrected chi connectivity index (χ0v) is 8.97. The molecule has 1 rings (SSSR count). The summed E-state index contributed by atoms with van der Waals surface area (Å²) < 4.78 is 2.76. The van der Waals surface area contributed by atoms with Crippen LogP contribution < -0.4 is 0 Å². The van der Waals surface area contributed by atoms with Crippen molar-refractivity contribution in [3.8, 4) is 0 Å². The predicted octanol–water partition coefficient (Wildman–Crippen LogP) is 2.64. The summed E-state index contributed by atoms with van der Waals surface area (Å²) in [6, 6.07) is 3.70. The first-order valence-corrected chi connectivity index (χ1v) is 4.53. The zero-order valence-electron chi connectivity index (χ0n) is 7.38. The maximum Gasteiger partial charge on any atom is 0.242 e. The van der Waals surface area contributed by atoms with Crippen LogP contribution in [0.25, 0.3) is 16.5 Å². The van der Waals surface area contributed by atoms with Gasteiger partial charge in [0, 0.05) is 17.7 Å². The number of rotatable bonds is 2. The van der Waals surface area contributed by atoms with E-state index in [0.717, 1.165) is 10.3 Å². The van der Waals surface area contributed by atoms with Crippen molar-refractivity contribution >= 4 is 27.9 Å². The molecule has 0 aliphatic carbocycles. The number of halogens is 1. The van der Waals surface area contributed by atoms with Gasteiger partial charge in [0.25, 0.3) is 0 Å². The lowest BCUT2D eigenvalue weighted by Gasteiger charge is -1.97. The Bertz CT molecular complexity index is 429. The normalized spacial score (nSPS) is 10.1. The molecule has 0 radical (unpaired) electrons. The minimum Gasteiger partial charge on any atom is -0.339 e. The van der Waals surface area contributed by atoms with Gasteiger partial charge in [0.1, 0.15) is 0 Å². The average molecular weight is 255 g/mol. The molecule has 1 aromatic rings. The monoisotopic (exact) mass is 254 g/mol. The Morgan fingerprint density at radius 3 is 2.93 bits per heavy atom. The third kappa shape index (κ3) is 2.48. The summed E-state index contributed by atoms with van der Waals surface area (Å²) in [5, 5.41) is 2.91. The van der Waals surface area contributed by atoms with Gasteiger partial charge < -0.3 is 4.57 Å². The highest BCUT2D eigenvalue weighted by Crippen LogP contribution is 2.14. The van der Waals surface area contributed by atoms with Crippen LogP contribution in [-0.4, -0.2) is 10.5 Å². The Morgan fingerprint density at radius 1 is 1.71 bits per heavy atom. The molecule has 0 aliphatic rings. The maximum atomic E-state index is 10.8. The van der Waals surface area contributed by atoms with E-state index in [1.807, 2.05) is 23.7 Å². The van der Waals surface area contributed by atoms with Crippen LogP contribution in [0, 0.1) is 0 Å². The minimum atomic E-state index is -0.607. The van der Waals surface area contributed by atoms with Gasteiger partial charge >= 0.3 is 0 Å². The number of aromatic nitrogens is 1. The van der Waals surface area contributed by atoms with Crippen LogP contribution in [0.5, 0.6) is 0 Å². The Morgan fingerprint density at radius 2 is 2.43 bits per heavy atom. The molecular formula is C8H7BrN4O. The molecular weight excluding hydrogens is 248 g/mol. The standard InChI is InChI=1S/C8H7BrN4O/c1-13-6(2-4-7(13)9)3-5-8(14)11-12-10/h2-5H,1H3/b5-3+. The lowest BCUT2D eigenvalue weighted by Crippen LogP contribution is -1.91. The highest BCUT2D eigenvalue weighted by molar-refractivity contribution is 9.10. The molecule has 0 aromatic carbocycles. The van der Waals surface area contributed by atoms with Crippen molar-refractivity contribution in [3.63, 3.8) is 0 Å². The van der Waals surface area contributed by atoms with Crippen molar-refractivity contribution in [1.29, 1.82) is 0 Å². The number of nitrogens with zero attached hydrogens (tertiary/aromatic N) is 4. The second kappa shape index (κ2) is 4.64. The van der Waals surface area contributed by atoms with Crippen molar-refractivity contribution in [3.05, 3.63) is 38.9 Å². The number of carbonyl (C=O) groups is 1.